The first-order valence-electron chi connectivity index (χ1n) is 9.69. The highest BCUT2D eigenvalue weighted by Gasteiger charge is 2.13. The van der Waals surface area contributed by atoms with Crippen molar-refractivity contribution in [2.75, 3.05) is 6.54 Å². The number of halogens is 1. The Morgan fingerprint density at radius 1 is 1.30 bits per heavy atom. The lowest BCUT2D eigenvalue weighted by atomic mass is 10.1. The Bertz CT molecular complexity index is 694. The molecule has 0 aliphatic carbocycles. The minimum absolute atomic E-state index is 0. The second-order valence-corrected chi connectivity index (χ2v) is 6.58. The van der Waals surface area contributed by atoms with Crippen LogP contribution in [-0.2, 0) is 32.9 Å². The molecule has 0 bridgehead atoms. The van der Waals surface area contributed by atoms with Gasteiger partial charge in [0.25, 0.3) is 0 Å². The standard InChI is InChI=1S/C20H33N5O.HI/c1-6-15(4)23-20(21-12-11-16-10-9-13-26-16)22-14-17-18(7-2)24-25(5)19(17)8-3;/h9-10,13,15H,6-8,11-12,14H2,1-5H3,(H2,21,22,23);1H. The van der Waals surface area contributed by atoms with E-state index in [-0.39, 0.29) is 24.0 Å². The van der Waals surface area contributed by atoms with Crippen LogP contribution >= 0.6 is 24.0 Å². The van der Waals surface area contributed by atoms with Crippen LogP contribution in [0.15, 0.2) is 27.8 Å². The summed E-state index contributed by atoms with van der Waals surface area (Å²) in [6, 6.07) is 4.29. The van der Waals surface area contributed by atoms with Gasteiger partial charge in [-0.25, -0.2) is 4.99 Å². The maximum Gasteiger partial charge on any atom is 0.191 e. The summed E-state index contributed by atoms with van der Waals surface area (Å²) in [6.07, 6.45) is 5.49. The number of hydrogen-bond donors (Lipinski definition) is 2. The molecule has 2 aromatic rings. The summed E-state index contributed by atoms with van der Waals surface area (Å²) in [5.74, 6) is 1.83. The van der Waals surface area contributed by atoms with Crippen LogP contribution in [0.25, 0.3) is 0 Å². The maximum atomic E-state index is 5.40. The van der Waals surface area contributed by atoms with Crippen molar-refractivity contribution in [1.82, 2.24) is 20.4 Å². The van der Waals surface area contributed by atoms with Crippen molar-refractivity contribution in [1.29, 1.82) is 0 Å². The van der Waals surface area contributed by atoms with Gasteiger partial charge in [0.05, 0.1) is 18.5 Å². The first-order valence-corrected chi connectivity index (χ1v) is 9.69. The fourth-order valence-electron chi connectivity index (χ4n) is 2.98. The predicted octanol–water partition coefficient (Wildman–Crippen LogP) is 3.83. The Morgan fingerprint density at radius 3 is 2.67 bits per heavy atom. The van der Waals surface area contributed by atoms with Gasteiger partial charge >= 0.3 is 0 Å². The molecular formula is C20H34IN5O. The minimum atomic E-state index is 0. The summed E-state index contributed by atoms with van der Waals surface area (Å²) in [4.78, 5) is 4.84. The zero-order valence-corrected chi connectivity index (χ0v) is 19.5. The highest BCUT2D eigenvalue weighted by atomic mass is 127. The average molecular weight is 487 g/mol. The van der Waals surface area contributed by atoms with Crippen molar-refractivity contribution < 1.29 is 4.42 Å². The van der Waals surface area contributed by atoms with Crippen LogP contribution < -0.4 is 10.6 Å². The van der Waals surface area contributed by atoms with Gasteiger partial charge in [-0.05, 0) is 38.3 Å². The van der Waals surface area contributed by atoms with Gasteiger partial charge in [0.2, 0.25) is 0 Å². The van der Waals surface area contributed by atoms with Crippen LogP contribution in [0, 0.1) is 0 Å². The van der Waals surface area contributed by atoms with Gasteiger partial charge in [-0.15, -0.1) is 24.0 Å². The molecule has 0 saturated heterocycles. The molecule has 6 nitrogen and oxygen atoms in total. The number of nitrogens with zero attached hydrogens (tertiary/aromatic N) is 3. The van der Waals surface area contributed by atoms with E-state index < -0.39 is 0 Å². The van der Waals surface area contributed by atoms with E-state index in [9.17, 15) is 0 Å². The summed E-state index contributed by atoms with van der Waals surface area (Å²) >= 11 is 0. The number of guanidine groups is 1. The Labute approximate surface area is 180 Å². The quantitative estimate of drug-likeness (QED) is 0.321. The summed E-state index contributed by atoms with van der Waals surface area (Å²) < 4.78 is 7.39. The molecule has 2 heterocycles. The second-order valence-electron chi connectivity index (χ2n) is 6.58. The lowest BCUT2D eigenvalue weighted by Crippen LogP contribution is -2.42. The number of aliphatic imine (C=N–C) groups is 1. The lowest BCUT2D eigenvalue weighted by molar-refractivity contribution is 0.506. The third-order valence-electron chi connectivity index (χ3n) is 4.66. The molecule has 0 radical (unpaired) electrons. The molecule has 27 heavy (non-hydrogen) atoms. The molecule has 0 aliphatic rings. The number of hydrogen-bond acceptors (Lipinski definition) is 3. The molecule has 2 N–H and O–H groups in total. The molecule has 7 heteroatoms. The number of aryl methyl sites for hydroxylation is 2. The van der Waals surface area contributed by atoms with Crippen molar-refractivity contribution in [3.63, 3.8) is 0 Å². The van der Waals surface area contributed by atoms with Crippen LogP contribution in [-0.4, -0.2) is 28.3 Å². The second kappa shape index (κ2) is 12.0. The fourth-order valence-corrected chi connectivity index (χ4v) is 2.98. The first kappa shape index (κ1) is 23.5. The topological polar surface area (TPSA) is 67.4 Å². The van der Waals surface area contributed by atoms with Crippen LogP contribution in [0.2, 0.25) is 0 Å². The van der Waals surface area contributed by atoms with Gasteiger partial charge in [0, 0.05) is 37.3 Å². The van der Waals surface area contributed by atoms with Gasteiger partial charge < -0.3 is 15.1 Å². The molecule has 0 spiro atoms. The van der Waals surface area contributed by atoms with Gasteiger partial charge in [0.15, 0.2) is 5.96 Å². The number of furan rings is 1. The van der Waals surface area contributed by atoms with Crippen LogP contribution in [0.5, 0.6) is 0 Å². The fraction of sp³-hybridized carbons (Fsp3) is 0.600. The number of aromatic nitrogens is 2. The van der Waals surface area contributed by atoms with Crippen LogP contribution in [0.3, 0.4) is 0 Å². The SMILES string of the molecule is CCc1nn(C)c(CC)c1CN=C(NCCc1ccco1)NC(C)CC.I. The monoisotopic (exact) mass is 487 g/mol. The summed E-state index contributed by atoms with van der Waals surface area (Å²) in [5.41, 5.74) is 3.67. The Balaban J connectivity index is 0.00000364. The summed E-state index contributed by atoms with van der Waals surface area (Å²) in [6.45, 7) is 10.1. The van der Waals surface area contributed by atoms with Crippen molar-refractivity contribution >= 4 is 29.9 Å². The molecule has 0 fully saturated rings. The van der Waals surface area contributed by atoms with Crippen LogP contribution in [0.4, 0.5) is 0 Å². The van der Waals surface area contributed by atoms with Crippen molar-refractivity contribution in [3.05, 3.63) is 41.1 Å². The van der Waals surface area contributed by atoms with E-state index in [1.165, 1.54) is 11.3 Å². The molecule has 2 aromatic heterocycles. The van der Waals surface area contributed by atoms with Gasteiger partial charge in [-0.1, -0.05) is 20.8 Å². The minimum Gasteiger partial charge on any atom is -0.469 e. The number of nitrogens with one attached hydrogen (secondary N) is 2. The summed E-state index contributed by atoms with van der Waals surface area (Å²) in [5, 5.41) is 11.6. The predicted molar refractivity (Wildman–Crippen MR) is 122 cm³/mol. The molecule has 0 aliphatic heterocycles. The number of rotatable bonds is 9. The van der Waals surface area contributed by atoms with E-state index in [1.54, 1.807) is 6.26 Å². The third kappa shape index (κ3) is 6.86. The van der Waals surface area contributed by atoms with Crippen LogP contribution in [0.1, 0.15) is 56.8 Å². The molecular weight excluding hydrogens is 453 g/mol. The van der Waals surface area contributed by atoms with E-state index in [0.717, 1.165) is 49.6 Å². The Morgan fingerprint density at radius 2 is 2.07 bits per heavy atom. The molecule has 0 saturated carbocycles. The molecule has 0 aromatic carbocycles. The smallest absolute Gasteiger partial charge is 0.191 e. The van der Waals surface area contributed by atoms with Crippen molar-refractivity contribution in [2.24, 2.45) is 12.0 Å². The lowest BCUT2D eigenvalue weighted by Gasteiger charge is -2.17. The van der Waals surface area contributed by atoms with E-state index >= 15 is 0 Å². The molecule has 152 valence electrons. The van der Waals surface area contributed by atoms with E-state index in [0.29, 0.717) is 12.6 Å². The summed E-state index contributed by atoms with van der Waals surface area (Å²) in [7, 11) is 2.02. The highest BCUT2D eigenvalue weighted by Crippen LogP contribution is 2.16. The van der Waals surface area contributed by atoms with E-state index in [4.69, 9.17) is 9.41 Å². The Hall–Kier alpha value is -1.51. The Kier molecular flexibility index (Phi) is 10.5. The van der Waals surface area contributed by atoms with Crippen molar-refractivity contribution in [3.8, 4) is 0 Å². The van der Waals surface area contributed by atoms with Gasteiger partial charge in [-0.2, -0.15) is 5.10 Å². The maximum absolute atomic E-state index is 5.40. The molecule has 0 amide bonds. The largest absolute Gasteiger partial charge is 0.469 e. The van der Waals surface area contributed by atoms with Gasteiger partial charge in [-0.3, -0.25) is 4.68 Å². The highest BCUT2D eigenvalue weighted by molar-refractivity contribution is 14.0. The zero-order valence-electron chi connectivity index (χ0n) is 17.2. The molecule has 1 unspecified atom stereocenters. The average Bonchev–Trinajstić information content (AvgIpc) is 3.26. The zero-order chi connectivity index (χ0) is 18.9. The molecule has 1 atom stereocenters. The first-order chi connectivity index (χ1) is 12.6. The normalized spacial score (nSPS) is 12.6. The van der Waals surface area contributed by atoms with Gasteiger partial charge in [0.1, 0.15) is 5.76 Å². The third-order valence-corrected chi connectivity index (χ3v) is 4.66. The van der Waals surface area contributed by atoms with E-state index in [2.05, 4.69) is 43.4 Å². The van der Waals surface area contributed by atoms with Crippen molar-refractivity contribution in [2.45, 2.75) is 66.0 Å². The molecule has 2 rings (SSSR count). The van der Waals surface area contributed by atoms with E-state index in [1.807, 2.05) is 23.9 Å².